The molecule has 5 fully saturated rings. The van der Waals surface area contributed by atoms with Crippen molar-refractivity contribution in [2.75, 3.05) is 60.2 Å². The highest BCUT2D eigenvalue weighted by atomic mass is 35.5. The van der Waals surface area contributed by atoms with Crippen LogP contribution >= 0.6 is 58.0 Å². The number of aliphatic hydroxyl groups excluding tert-OH is 5. The minimum Gasteiger partial charge on any atom is -0.393 e. The van der Waals surface area contributed by atoms with E-state index in [2.05, 4.69) is 15.0 Å². The first-order valence-corrected chi connectivity index (χ1v) is 32.0. The number of aliphatic hydroxyl groups is 5. The molecular formula is C55H72Cl5F5N12O20. The average Bonchev–Trinajstić information content (AvgIpc) is 1.67. The Balaban J connectivity index is 0.000000192. The Kier molecular flexibility index (Phi) is 27.6. The molecule has 32 nitrogen and oxygen atoms in total. The molecule has 0 amide bonds. The van der Waals surface area contributed by atoms with Crippen molar-refractivity contribution in [1.29, 1.82) is 0 Å². The number of halogens is 10. The van der Waals surface area contributed by atoms with Crippen LogP contribution in [0.4, 0.5) is 33.6 Å². The molecular weight excluding hydrogens is 1420 g/mol. The van der Waals surface area contributed by atoms with Crippen LogP contribution < -0.4 is 56.1 Å². The van der Waals surface area contributed by atoms with Gasteiger partial charge in [0.25, 0.3) is 16.7 Å². The molecule has 0 aliphatic carbocycles. The van der Waals surface area contributed by atoms with Crippen LogP contribution in [0.5, 0.6) is 0 Å². The lowest BCUT2D eigenvalue weighted by atomic mass is 9.87. The zero-order chi connectivity index (χ0) is 72.4. The molecule has 10 rings (SSSR count). The summed E-state index contributed by atoms with van der Waals surface area (Å²) < 4.78 is 103. The number of nitrogens with zero attached hydrogens (tertiary/aromatic N) is 7. The highest BCUT2D eigenvalue weighted by Gasteiger charge is 2.59. The number of anilines is 2. The van der Waals surface area contributed by atoms with E-state index in [0.717, 1.165) is 59.6 Å². The van der Waals surface area contributed by atoms with Crippen molar-refractivity contribution < 1.29 is 81.6 Å². The maximum atomic E-state index is 14.5. The predicted octanol–water partition coefficient (Wildman–Crippen LogP) is 1.35. The lowest BCUT2D eigenvalue weighted by molar-refractivity contribution is -0.115. The van der Waals surface area contributed by atoms with E-state index in [1.165, 1.54) is 24.5 Å². The molecule has 542 valence electrons. The number of H-pyrrole nitrogens is 3. The van der Waals surface area contributed by atoms with E-state index >= 15 is 0 Å². The molecule has 0 bridgehead atoms. The molecule has 0 unspecified atom stereocenters. The Morgan fingerprint density at radius 3 is 0.907 bits per heavy atom. The van der Waals surface area contributed by atoms with E-state index < -0.39 is 185 Å². The third kappa shape index (κ3) is 16.1. The van der Waals surface area contributed by atoms with Crippen LogP contribution in [0, 0.1) is 17.8 Å². The largest absolute Gasteiger partial charge is 0.393 e. The monoisotopic (exact) mass is 1490 g/mol. The summed E-state index contributed by atoms with van der Waals surface area (Å²) in [6, 6.07) is 5.85. The van der Waals surface area contributed by atoms with Gasteiger partial charge < -0.3 is 49.2 Å². The van der Waals surface area contributed by atoms with E-state index in [1.807, 2.05) is 23.8 Å². The van der Waals surface area contributed by atoms with Crippen LogP contribution in [-0.2, 0) is 23.7 Å². The fraction of sp³-hybridized carbons (Fsp3) is 0.636. The third-order valence-corrected chi connectivity index (χ3v) is 19.9. The number of alkyl halides is 10. The molecule has 97 heavy (non-hydrogen) atoms. The first-order valence-electron chi connectivity index (χ1n) is 29.3. The van der Waals surface area contributed by atoms with Gasteiger partial charge in [-0.05, 0) is 25.0 Å². The Morgan fingerprint density at radius 2 is 0.680 bits per heavy atom. The van der Waals surface area contributed by atoms with Crippen molar-refractivity contribution in [3.8, 4) is 0 Å². The summed E-state index contributed by atoms with van der Waals surface area (Å²) >= 11 is 28.8. The summed E-state index contributed by atoms with van der Waals surface area (Å²) in [7, 11) is 0. The van der Waals surface area contributed by atoms with Crippen LogP contribution in [0.15, 0.2) is 99.7 Å². The highest BCUT2D eigenvalue weighted by Crippen LogP contribution is 2.48. The minimum atomic E-state index is -1.96. The Morgan fingerprint density at radius 1 is 0.433 bits per heavy atom. The normalized spacial score (nSPS) is 34.1. The standard InChI is InChI=1S/C12H17ClFN3O3.C12H16ClFN2O3.C11H14ClFN2O4.C10H13ClFN3O5.C10H12ClFN2O5/c1-3-12(6-13)7(2)9(14)10(20-12)17-5-4-8(16-19)15-11(17)18;1-3-12(6-13)7(2)9(14)10(19-12)16-5-4-8(17)15-11(16)18;1-6-8(13)9(19-11(6,4-12)5-16)15-3-2-7(17)14-10(15)18;11-3-10(4-16)7(17)6(12)8(20-10)15-2-1-5(14-19)13-9(15)18;11-3-10(4-15)7(17)6(12)8(19-10)14-2-1-5(16)13-9(14)18/h4-5,7,9-10,19H,3,6H2,1-2H3,(H,15,16,18);4-5,7,9-10H,3,6H2,1-2H3,(H,15,17,18);2-3,6,8-9,16H,4-5H2,1H3,(H,14,17,18);1-2,6-8,16-17,19H,3-4H2,(H,13,14,18);1-2,6-8,15,17H,3-4H2,(H,13,16,18)/t2*7-,9+,10+,12-;6-,8+,9+,11+;2*6-,7+,8-,10-/m00011/s1. The lowest BCUT2D eigenvalue weighted by Crippen LogP contribution is -2.47. The van der Waals surface area contributed by atoms with Gasteiger partial charge in [0.1, 0.15) is 29.0 Å². The second-order valence-electron chi connectivity index (χ2n) is 23.0. The van der Waals surface area contributed by atoms with Crippen LogP contribution in [0.3, 0.4) is 0 Å². The van der Waals surface area contributed by atoms with Gasteiger partial charge in [-0.3, -0.25) is 73.5 Å². The molecule has 0 aromatic carbocycles. The molecule has 5 aromatic rings. The minimum absolute atomic E-state index is 0.00759. The van der Waals surface area contributed by atoms with Crippen LogP contribution in [0.25, 0.3) is 0 Å². The van der Waals surface area contributed by atoms with Gasteiger partial charge >= 0.3 is 28.4 Å². The molecule has 20 atom stereocenters. The molecule has 12 N–H and O–H groups in total. The molecule has 5 aromatic heterocycles. The number of nitrogens with one attached hydrogen (secondary N) is 5. The topological polar surface area (TPSA) is 446 Å². The number of aromatic amines is 3. The molecule has 10 heterocycles. The van der Waals surface area contributed by atoms with Crippen molar-refractivity contribution in [3.63, 3.8) is 0 Å². The summed E-state index contributed by atoms with van der Waals surface area (Å²) in [5.41, 5.74) is -8.41. The lowest BCUT2D eigenvalue weighted by Gasteiger charge is -2.29. The Bertz CT molecular complexity index is 3590. The molecule has 5 saturated heterocycles. The van der Waals surface area contributed by atoms with Gasteiger partial charge in [0.15, 0.2) is 73.6 Å². The number of hydrogen-bond acceptors (Lipinski definition) is 24. The molecule has 5 aliphatic rings. The van der Waals surface area contributed by atoms with Crippen molar-refractivity contribution in [2.24, 2.45) is 17.8 Å². The zero-order valence-corrected chi connectivity index (χ0v) is 55.6. The van der Waals surface area contributed by atoms with E-state index in [9.17, 15) is 85.8 Å². The highest BCUT2D eigenvalue weighted by molar-refractivity contribution is 6.19. The van der Waals surface area contributed by atoms with Crippen molar-refractivity contribution >= 4 is 69.6 Å². The summed E-state index contributed by atoms with van der Waals surface area (Å²) in [5.74, 6) is -2.16. The maximum Gasteiger partial charge on any atom is 0.351 e. The van der Waals surface area contributed by atoms with Crippen molar-refractivity contribution in [3.05, 3.63) is 145 Å². The van der Waals surface area contributed by atoms with Crippen LogP contribution in [0.2, 0.25) is 0 Å². The quantitative estimate of drug-likeness (QED) is 0.0355. The summed E-state index contributed by atoms with van der Waals surface area (Å²) in [4.78, 5) is 104. The summed E-state index contributed by atoms with van der Waals surface area (Å²) in [6.07, 6.45) is -10.8. The molecule has 42 heteroatoms. The predicted molar refractivity (Wildman–Crippen MR) is 335 cm³/mol. The number of aromatic nitrogens is 10. The fourth-order valence-corrected chi connectivity index (χ4v) is 13.0. The Hall–Kier alpha value is -5.98. The Labute approximate surface area is 568 Å². The molecule has 0 saturated carbocycles. The third-order valence-electron chi connectivity index (χ3n) is 17.7. The first-order chi connectivity index (χ1) is 45.8. The number of rotatable bonds is 17. The fourth-order valence-electron chi connectivity index (χ4n) is 11.0. The van der Waals surface area contributed by atoms with Crippen molar-refractivity contribution in [1.82, 2.24) is 47.8 Å². The van der Waals surface area contributed by atoms with E-state index in [0.29, 0.717) is 12.8 Å². The smallest absolute Gasteiger partial charge is 0.351 e. The van der Waals surface area contributed by atoms with Gasteiger partial charge in [0.05, 0.1) is 60.4 Å². The molecule has 5 aliphatic heterocycles. The second-order valence-corrected chi connectivity index (χ2v) is 24.3. The van der Waals surface area contributed by atoms with Gasteiger partial charge in [0.2, 0.25) is 0 Å². The second kappa shape index (κ2) is 33.5. The van der Waals surface area contributed by atoms with E-state index in [1.54, 1.807) is 31.7 Å². The van der Waals surface area contributed by atoms with Gasteiger partial charge in [-0.25, -0.2) is 45.9 Å². The average molecular weight is 1490 g/mol. The zero-order valence-electron chi connectivity index (χ0n) is 51.9. The summed E-state index contributed by atoms with van der Waals surface area (Å²) in [6.45, 7) is 6.87. The van der Waals surface area contributed by atoms with Gasteiger partial charge in [-0.15, -0.1) is 58.0 Å². The van der Waals surface area contributed by atoms with E-state index in [-0.39, 0.29) is 41.0 Å². The summed E-state index contributed by atoms with van der Waals surface area (Å²) in [5, 5.41) is 64.7. The number of ether oxygens (including phenoxy) is 5. The first kappa shape index (κ1) is 80.0. The number of hydrogen-bond donors (Lipinski definition) is 12. The SMILES string of the molecule is CC[C@@]1(CCl)O[C@@H](n2ccc(=O)[nH]c2=O)[C@H](F)[C@@H]1C.CC[C@@]1(CCl)O[C@@H](n2ccc(NO)nc2=O)[C@H](F)[C@@H]1C.C[C@H]1[C@@H](F)[C@H](n2ccc(=O)[nH]c2=O)O[C@@]1(CO)CCl.O=c1ccn([C@@H]2O[C@@](CO)(CCl)[C@@H](O)[C@H]2F)c(=O)[nH]1.O=c1nc(NO)ccn1[C@@H]1O[C@@](CO)(CCl)[C@@H](O)[C@H]1F. The molecule has 0 spiro atoms. The van der Waals surface area contributed by atoms with Crippen LogP contribution in [0.1, 0.15) is 78.6 Å². The van der Waals surface area contributed by atoms with Crippen molar-refractivity contribution in [2.45, 2.75) is 150 Å². The van der Waals surface area contributed by atoms with Gasteiger partial charge in [-0.2, -0.15) is 9.97 Å². The molecule has 0 radical (unpaired) electrons. The van der Waals surface area contributed by atoms with Gasteiger partial charge in [-0.1, -0.05) is 34.6 Å². The van der Waals surface area contributed by atoms with Gasteiger partial charge in [0, 0.05) is 66.9 Å². The van der Waals surface area contributed by atoms with Crippen LogP contribution in [-0.4, -0.2) is 204 Å². The van der Waals surface area contributed by atoms with E-state index in [4.69, 9.17) is 92.1 Å². The maximum absolute atomic E-state index is 14.5.